The summed E-state index contributed by atoms with van der Waals surface area (Å²) in [5.41, 5.74) is 1.16. The van der Waals surface area contributed by atoms with E-state index in [0.29, 0.717) is 5.56 Å². The summed E-state index contributed by atoms with van der Waals surface area (Å²) in [5, 5.41) is 8.31. The van der Waals surface area contributed by atoms with Gasteiger partial charge in [-0.25, -0.2) is 0 Å². The van der Waals surface area contributed by atoms with Gasteiger partial charge in [-0.3, -0.25) is 29.0 Å². The minimum Gasteiger partial charge on any atom is -0.360 e. The lowest BCUT2D eigenvalue weighted by Crippen LogP contribution is -2.59. The van der Waals surface area contributed by atoms with Crippen LogP contribution in [-0.4, -0.2) is 102 Å². The Kier molecular flexibility index (Phi) is 9.66. The predicted molar refractivity (Wildman–Crippen MR) is 148 cm³/mol. The van der Waals surface area contributed by atoms with Gasteiger partial charge in [0, 0.05) is 39.0 Å². The third-order valence-electron chi connectivity index (χ3n) is 7.08. The van der Waals surface area contributed by atoms with Crippen LogP contribution in [-0.2, 0) is 30.3 Å². The monoisotopic (exact) mass is 564 g/mol. The number of likely N-dealkylation sites (N-methyl/N-ethyl adjacent to an activating group) is 1. The van der Waals surface area contributed by atoms with Gasteiger partial charge >= 0.3 is 0 Å². The maximum Gasteiger partial charge on any atom is 0.255 e. The Hall–Kier alpha value is -4.32. The van der Waals surface area contributed by atoms with Gasteiger partial charge in [0.05, 0.1) is 24.8 Å². The number of hydrogen-bond donors (Lipinski definition) is 3. The van der Waals surface area contributed by atoms with E-state index in [9.17, 15) is 24.0 Å². The van der Waals surface area contributed by atoms with Crippen LogP contribution in [0, 0.1) is 5.92 Å². The lowest BCUT2D eigenvalue weighted by atomic mass is 10.0. The summed E-state index contributed by atoms with van der Waals surface area (Å²) in [6.45, 7) is 3.37. The molecule has 4 rings (SSSR count). The molecule has 12 nitrogen and oxygen atoms in total. The van der Waals surface area contributed by atoms with Crippen molar-refractivity contribution in [3.63, 3.8) is 0 Å². The van der Waals surface area contributed by atoms with E-state index in [0.717, 1.165) is 5.56 Å². The Labute approximate surface area is 238 Å². The number of benzene rings is 1. The van der Waals surface area contributed by atoms with E-state index >= 15 is 0 Å². The van der Waals surface area contributed by atoms with Gasteiger partial charge in [0.1, 0.15) is 12.1 Å². The number of aromatic nitrogens is 1. The van der Waals surface area contributed by atoms with E-state index in [1.807, 2.05) is 30.3 Å². The Morgan fingerprint density at radius 3 is 2.46 bits per heavy atom. The SMILES string of the molecule is CC(C)[C@@H]1NC(=O)CN(C)C(=O)[C@@H](Cc2ccccc2)NC(=O)[C@H]2CN(C(=O)c3cccnc3)C[C@H](CNC1=O)O2. The minimum absolute atomic E-state index is 0.00476. The molecule has 0 aliphatic carbocycles. The van der Waals surface area contributed by atoms with Crippen LogP contribution >= 0.6 is 0 Å². The van der Waals surface area contributed by atoms with Gasteiger partial charge in [-0.2, -0.15) is 0 Å². The van der Waals surface area contributed by atoms with Crippen molar-refractivity contribution in [1.29, 1.82) is 0 Å². The molecule has 3 heterocycles. The summed E-state index contributed by atoms with van der Waals surface area (Å²) in [5.74, 6) is -2.57. The molecule has 12 heteroatoms. The smallest absolute Gasteiger partial charge is 0.255 e. The average molecular weight is 565 g/mol. The highest BCUT2D eigenvalue weighted by Gasteiger charge is 2.38. The van der Waals surface area contributed by atoms with Crippen molar-refractivity contribution in [2.45, 2.75) is 44.6 Å². The topological polar surface area (TPSA) is 150 Å². The van der Waals surface area contributed by atoms with Gasteiger partial charge in [-0.15, -0.1) is 0 Å². The van der Waals surface area contributed by atoms with Gasteiger partial charge in [0.25, 0.3) is 11.8 Å². The Balaban J connectivity index is 1.65. The molecule has 2 saturated heterocycles. The summed E-state index contributed by atoms with van der Waals surface area (Å²) in [7, 11) is 1.47. The summed E-state index contributed by atoms with van der Waals surface area (Å²) in [6, 6.07) is 10.6. The molecule has 2 aliphatic rings. The Bertz CT molecular complexity index is 1260. The first kappa shape index (κ1) is 29.7. The predicted octanol–water partition coefficient (Wildman–Crippen LogP) is -0.252. The molecule has 3 N–H and O–H groups in total. The fourth-order valence-electron chi connectivity index (χ4n) is 4.89. The van der Waals surface area contributed by atoms with Crippen molar-refractivity contribution >= 4 is 29.5 Å². The lowest BCUT2D eigenvalue weighted by molar-refractivity contribution is -0.148. The fourth-order valence-corrected chi connectivity index (χ4v) is 4.89. The molecule has 5 amide bonds. The van der Waals surface area contributed by atoms with Crippen LogP contribution in [0.25, 0.3) is 0 Å². The van der Waals surface area contributed by atoms with Gasteiger partial charge in [0.15, 0.2) is 6.10 Å². The van der Waals surface area contributed by atoms with Crippen molar-refractivity contribution in [2.75, 3.05) is 33.2 Å². The second-order valence-electron chi connectivity index (χ2n) is 10.7. The van der Waals surface area contributed by atoms with Crippen LogP contribution in [0.3, 0.4) is 0 Å². The summed E-state index contributed by atoms with van der Waals surface area (Å²) < 4.78 is 6.07. The van der Waals surface area contributed by atoms with E-state index in [2.05, 4.69) is 20.9 Å². The number of fused-ring (bicyclic) bond motifs is 2. The van der Waals surface area contributed by atoms with Crippen LogP contribution in [0.2, 0.25) is 0 Å². The number of nitrogens with one attached hydrogen (secondary N) is 3. The van der Waals surface area contributed by atoms with Gasteiger partial charge < -0.3 is 30.5 Å². The van der Waals surface area contributed by atoms with Gasteiger partial charge in [-0.05, 0) is 23.6 Å². The van der Waals surface area contributed by atoms with Crippen molar-refractivity contribution in [3.05, 3.63) is 66.0 Å². The fraction of sp³-hybridized carbons (Fsp3) is 0.448. The van der Waals surface area contributed by atoms with Crippen LogP contribution in [0.1, 0.15) is 29.8 Å². The molecule has 2 bridgehead atoms. The van der Waals surface area contributed by atoms with Crippen LogP contribution < -0.4 is 16.0 Å². The first-order valence-corrected chi connectivity index (χ1v) is 13.6. The van der Waals surface area contributed by atoms with Crippen LogP contribution in [0.15, 0.2) is 54.9 Å². The van der Waals surface area contributed by atoms with Gasteiger partial charge in [0.2, 0.25) is 17.7 Å². The molecule has 41 heavy (non-hydrogen) atoms. The highest BCUT2D eigenvalue weighted by atomic mass is 16.5. The molecular formula is C29H36N6O6. The van der Waals surface area contributed by atoms with E-state index in [1.54, 1.807) is 32.2 Å². The first-order chi connectivity index (χ1) is 19.6. The standard InChI is InChI=1S/C29H36N6O6/c1-18(2)25-27(38)31-14-21-15-35(28(39)20-10-7-11-30-13-20)16-23(41-21)26(37)32-22(12-19-8-5-4-6-9-19)29(40)34(3)17-24(36)33-25/h4-11,13,18,21-23,25H,12,14-17H2,1-3H3,(H,31,38)(H,32,37)(H,33,36)/t21-,22+,23+,25-/m0/s1. The number of amides is 5. The number of hydrogen-bond acceptors (Lipinski definition) is 7. The molecule has 4 atom stereocenters. The van der Waals surface area contributed by atoms with Crippen LogP contribution in [0.4, 0.5) is 0 Å². The Morgan fingerprint density at radius 1 is 1.02 bits per heavy atom. The Morgan fingerprint density at radius 2 is 1.78 bits per heavy atom. The molecule has 2 aliphatic heterocycles. The minimum atomic E-state index is -1.10. The second kappa shape index (κ2) is 13.4. The lowest BCUT2D eigenvalue weighted by Gasteiger charge is -2.38. The molecule has 2 aromatic rings. The third-order valence-corrected chi connectivity index (χ3v) is 7.08. The largest absolute Gasteiger partial charge is 0.360 e. The zero-order chi connectivity index (χ0) is 29.5. The third kappa shape index (κ3) is 7.66. The molecule has 0 unspecified atom stereocenters. The number of carbonyl (C=O) groups excluding carboxylic acids is 5. The first-order valence-electron chi connectivity index (χ1n) is 13.6. The number of carbonyl (C=O) groups is 5. The zero-order valence-corrected chi connectivity index (χ0v) is 23.4. The molecule has 1 aromatic heterocycles. The number of morpholine rings is 1. The molecule has 1 aromatic carbocycles. The molecule has 0 saturated carbocycles. The highest BCUT2D eigenvalue weighted by molar-refractivity contribution is 5.96. The summed E-state index contributed by atoms with van der Waals surface area (Å²) >= 11 is 0. The van der Waals surface area contributed by atoms with Crippen LogP contribution in [0.5, 0.6) is 0 Å². The highest BCUT2D eigenvalue weighted by Crippen LogP contribution is 2.16. The molecule has 0 spiro atoms. The average Bonchev–Trinajstić information content (AvgIpc) is 2.97. The number of rotatable bonds is 4. The molecule has 2 fully saturated rings. The van der Waals surface area contributed by atoms with Crippen molar-refractivity contribution < 1.29 is 28.7 Å². The maximum atomic E-state index is 13.6. The van der Waals surface area contributed by atoms with E-state index < -0.39 is 47.9 Å². The summed E-state index contributed by atoms with van der Waals surface area (Å²) in [6.07, 6.45) is 1.36. The number of ether oxygens (including phenoxy) is 1. The van der Waals surface area contributed by atoms with Crippen molar-refractivity contribution in [1.82, 2.24) is 30.7 Å². The number of pyridine rings is 1. The second-order valence-corrected chi connectivity index (χ2v) is 10.7. The molecule has 218 valence electrons. The van der Waals surface area contributed by atoms with Crippen molar-refractivity contribution in [3.8, 4) is 0 Å². The quantitative estimate of drug-likeness (QED) is 0.463. The molecule has 0 radical (unpaired) electrons. The van der Waals surface area contributed by atoms with Crippen molar-refractivity contribution in [2.24, 2.45) is 5.92 Å². The van der Waals surface area contributed by atoms with E-state index in [4.69, 9.17) is 4.74 Å². The van der Waals surface area contributed by atoms with E-state index in [1.165, 1.54) is 23.0 Å². The molecular weight excluding hydrogens is 528 g/mol. The normalized spacial score (nSPS) is 24.6. The number of nitrogens with zero attached hydrogens (tertiary/aromatic N) is 3. The maximum absolute atomic E-state index is 13.6. The van der Waals surface area contributed by atoms with E-state index in [-0.39, 0.29) is 44.4 Å². The van der Waals surface area contributed by atoms with Gasteiger partial charge in [-0.1, -0.05) is 44.2 Å². The summed E-state index contributed by atoms with van der Waals surface area (Å²) in [4.78, 5) is 73.1. The zero-order valence-electron chi connectivity index (χ0n) is 23.4.